The first kappa shape index (κ1) is 23.2. The van der Waals surface area contributed by atoms with Gasteiger partial charge in [-0.15, -0.1) is 0 Å². The molecule has 0 spiro atoms. The number of benzene rings is 6. The number of hydrogen-bond acceptors (Lipinski definition) is 5. The molecule has 5 aromatic heterocycles. The van der Waals surface area contributed by atoms with Crippen molar-refractivity contribution in [3.63, 3.8) is 0 Å². The van der Waals surface area contributed by atoms with Crippen LogP contribution in [-0.4, -0.2) is 19.4 Å². The molecular weight excluding hydrogens is 556 g/mol. The van der Waals surface area contributed by atoms with Gasteiger partial charge in [-0.05, 0) is 48.5 Å². The summed E-state index contributed by atoms with van der Waals surface area (Å²) in [5.74, 6) is 0.655. The minimum absolute atomic E-state index is 0.655. The van der Waals surface area contributed by atoms with Crippen LogP contribution in [0.1, 0.15) is 0 Å². The summed E-state index contributed by atoms with van der Waals surface area (Å²) in [5, 5.41) is 7.66. The molecular formula is C39H20N4O2. The maximum Gasteiger partial charge on any atom is 0.182 e. The second-order valence-electron chi connectivity index (χ2n) is 11.6. The number of nitrogens with zero attached hydrogens (tertiary/aromatic N) is 4. The van der Waals surface area contributed by atoms with Crippen molar-refractivity contribution in [3.8, 4) is 22.6 Å². The van der Waals surface area contributed by atoms with Crippen LogP contribution in [0.5, 0.6) is 0 Å². The molecule has 6 heteroatoms. The number of oxazole rings is 1. The van der Waals surface area contributed by atoms with Gasteiger partial charge in [0.05, 0.1) is 33.1 Å². The molecule has 11 aromatic rings. The molecule has 0 bridgehead atoms. The first-order valence-corrected chi connectivity index (χ1v) is 14.9. The van der Waals surface area contributed by atoms with Crippen molar-refractivity contribution in [1.29, 1.82) is 0 Å². The van der Waals surface area contributed by atoms with E-state index in [1.165, 1.54) is 17.2 Å². The van der Waals surface area contributed by atoms with Gasteiger partial charge < -0.3 is 13.2 Å². The maximum atomic E-state index is 6.44. The summed E-state index contributed by atoms with van der Waals surface area (Å²) in [5.41, 5.74) is 10.3. The molecule has 0 aliphatic carbocycles. The second kappa shape index (κ2) is 8.21. The highest BCUT2D eigenvalue weighted by Gasteiger charge is 2.23. The van der Waals surface area contributed by atoms with Crippen molar-refractivity contribution in [2.75, 3.05) is 0 Å². The second-order valence-corrected chi connectivity index (χ2v) is 11.6. The van der Waals surface area contributed by atoms with Gasteiger partial charge in [-0.1, -0.05) is 66.7 Å². The van der Waals surface area contributed by atoms with Crippen LogP contribution in [0.25, 0.3) is 105 Å². The van der Waals surface area contributed by atoms with Crippen LogP contribution >= 0.6 is 0 Å². The molecule has 0 unspecified atom stereocenters. The Morgan fingerprint density at radius 3 is 2.31 bits per heavy atom. The SMILES string of the molecule is c1ccc2c(-c3cccc4c3oc3ccccc34)nc(-c3ccc4c(c3)c3c5ocnc5cc5c6ccccc6n4c53)nc2c1. The monoisotopic (exact) mass is 576 g/mol. The van der Waals surface area contributed by atoms with Crippen molar-refractivity contribution >= 4 is 82.0 Å². The lowest BCUT2D eigenvalue weighted by atomic mass is 10.0. The lowest BCUT2D eigenvalue weighted by Crippen LogP contribution is -1.95. The molecule has 0 amide bonds. The van der Waals surface area contributed by atoms with Gasteiger partial charge in [0, 0.05) is 43.4 Å². The van der Waals surface area contributed by atoms with Crippen molar-refractivity contribution < 1.29 is 8.83 Å². The van der Waals surface area contributed by atoms with E-state index in [4.69, 9.17) is 18.8 Å². The zero-order valence-corrected chi connectivity index (χ0v) is 23.7. The molecule has 6 aromatic carbocycles. The predicted octanol–water partition coefficient (Wildman–Crippen LogP) is 10.2. The highest BCUT2D eigenvalue weighted by molar-refractivity contribution is 6.30. The van der Waals surface area contributed by atoms with Crippen LogP contribution in [0, 0.1) is 0 Å². The van der Waals surface area contributed by atoms with Gasteiger partial charge in [-0.2, -0.15) is 0 Å². The van der Waals surface area contributed by atoms with Crippen LogP contribution < -0.4 is 0 Å². The molecule has 0 N–H and O–H groups in total. The third-order valence-electron chi connectivity index (χ3n) is 9.28. The van der Waals surface area contributed by atoms with Crippen molar-refractivity contribution in [2.45, 2.75) is 0 Å². The summed E-state index contributed by atoms with van der Waals surface area (Å²) in [6.45, 7) is 0. The first-order chi connectivity index (χ1) is 22.3. The highest BCUT2D eigenvalue weighted by atomic mass is 16.3. The van der Waals surface area contributed by atoms with Crippen LogP contribution in [0.4, 0.5) is 0 Å². The molecule has 0 radical (unpaired) electrons. The zero-order chi connectivity index (χ0) is 29.2. The van der Waals surface area contributed by atoms with E-state index >= 15 is 0 Å². The smallest absolute Gasteiger partial charge is 0.182 e. The van der Waals surface area contributed by atoms with E-state index in [0.29, 0.717) is 5.82 Å². The Labute approximate surface area is 254 Å². The molecule has 6 nitrogen and oxygen atoms in total. The molecule has 0 fully saturated rings. The number of hydrogen-bond donors (Lipinski definition) is 0. The number of para-hydroxylation sites is 4. The molecule has 45 heavy (non-hydrogen) atoms. The fraction of sp³-hybridized carbons (Fsp3) is 0. The van der Waals surface area contributed by atoms with Gasteiger partial charge in [-0.25, -0.2) is 15.0 Å². The van der Waals surface area contributed by atoms with Gasteiger partial charge >= 0.3 is 0 Å². The van der Waals surface area contributed by atoms with Gasteiger partial charge in [0.1, 0.15) is 16.7 Å². The van der Waals surface area contributed by atoms with Crippen molar-refractivity contribution in [2.24, 2.45) is 0 Å². The Balaban J connectivity index is 1.22. The molecule has 5 heterocycles. The van der Waals surface area contributed by atoms with Crippen molar-refractivity contribution in [1.82, 2.24) is 19.4 Å². The van der Waals surface area contributed by atoms with E-state index in [1.54, 1.807) is 0 Å². The number of fused-ring (bicyclic) bond motifs is 12. The summed E-state index contributed by atoms with van der Waals surface area (Å²) in [7, 11) is 0. The fourth-order valence-corrected chi connectivity index (χ4v) is 7.36. The lowest BCUT2D eigenvalue weighted by Gasteiger charge is -2.10. The minimum Gasteiger partial charge on any atom is -0.455 e. The maximum absolute atomic E-state index is 6.44. The van der Waals surface area contributed by atoms with E-state index in [9.17, 15) is 0 Å². The summed E-state index contributed by atoms with van der Waals surface area (Å²) >= 11 is 0. The summed E-state index contributed by atoms with van der Waals surface area (Å²) in [6.07, 6.45) is 1.53. The van der Waals surface area contributed by atoms with Crippen LogP contribution in [0.2, 0.25) is 0 Å². The largest absolute Gasteiger partial charge is 0.455 e. The predicted molar refractivity (Wildman–Crippen MR) is 180 cm³/mol. The number of aromatic nitrogens is 4. The first-order valence-electron chi connectivity index (χ1n) is 14.9. The number of furan rings is 1. The third-order valence-corrected chi connectivity index (χ3v) is 9.28. The molecule has 208 valence electrons. The Morgan fingerprint density at radius 1 is 0.556 bits per heavy atom. The van der Waals surface area contributed by atoms with Crippen LogP contribution in [-0.2, 0) is 0 Å². The van der Waals surface area contributed by atoms with E-state index in [-0.39, 0.29) is 0 Å². The third kappa shape index (κ3) is 2.95. The van der Waals surface area contributed by atoms with E-state index in [1.807, 2.05) is 36.4 Å². The topological polar surface area (TPSA) is 69.4 Å². The van der Waals surface area contributed by atoms with Crippen LogP contribution in [0.3, 0.4) is 0 Å². The Morgan fingerprint density at radius 2 is 1.36 bits per heavy atom. The zero-order valence-electron chi connectivity index (χ0n) is 23.7. The Bertz CT molecular complexity index is 3000. The average molecular weight is 577 g/mol. The summed E-state index contributed by atoms with van der Waals surface area (Å²) < 4.78 is 14.8. The molecule has 0 aliphatic heterocycles. The molecule has 0 saturated carbocycles. The Kier molecular flexibility index (Phi) is 4.24. The van der Waals surface area contributed by atoms with E-state index in [2.05, 4.69) is 88.2 Å². The summed E-state index contributed by atoms with van der Waals surface area (Å²) in [6, 6.07) is 39.8. The van der Waals surface area contributed by atoms with Gasteiger partial charge in [0.15, 0.2) is 17.8 Å². The van der Waals surface area contributed by atoms with Gasteiger partial charge in [0.25, 0.3) is 0 Å². The Hall–Kier alpha value is -6.27. The van der Waals surface area contributed by atoms with E-state index < -0.39 is 0 Å². The summed E-state index contributed by atoms with van der Waals surface area (Å²) in [4.78, 5) is 14.9. The quantitative estimate of drug-likeness (QED) is 0.205. The number of rotatable bonds is 2. The molecule has 0 saturated heterocycles. The fourth-order valence-electron chi connectivity index (χ4n) is 7.36. The highest BCUT2D eigenvalue weighted by Crippen LogP contribution is 2.44. The molecule has 0 atom stereocenters. The van der Waals surface area contributed by atoms with Crippen molar-refractivity contribution in [3.05, 3.63) is 122 Å². The molecule has 11 rings (SSSR count). The normalized spacial score (nSPS) is 12.4. The molecule has 0 aliphatic rings. The lowest BCUT2D eigenvalue weighted by molar-refractivity contribution is 0.605. The van der Waals surface area contributed by atoms with Gasteiger partial charge in [-0.3, -0.25) is 0 Å². The average Bonchev–Trinajstić information content (AvgIpc) is 3.86. The minimum atomic E-state index is 0.655. The van der Waals surface area contributed by atoms with E-state index in [0.717, 1.165) is 88.1 Å². The van der Waals surface area contributed by atoms with Gasteiger partial charge in [0.2, 0.25) is 0 Å². The van der Waals surface area contributed by atoms with Crippen LogP contribution in [0.15, 0.2) is 130 Å². The standard InChI is InChI=1S/C39H20N4O2/c1-4-13-29-25(10-1)35(26-12-7-11-24-23-9-3-6-15-33(23)45-37(24)26)42-39(41-29)21-16-17-32-28(18-21)34-36-27(19-30-38(34)44-20-40-30)22-8-2-5-14-31(22)43(32)36/h1-20H.